The van der Waals surface area contributed by atoms with E-state index in [-0.39, 0.29) is 5.91 Å². The Balaban J connectivity index is 1.66. The van der Waals surface area contributed by atoms with Crippen LogP contribution in [0.5, 0.6) is 5.75 Å². The molecule has 2 aromatic rings. The Morgan fingerprint density at radius 2 is 1.73 bits per heavy atom. The van der Waals surface area contributed by atoms with E-state index in [4.69, 9.17) is 4.74 Å². The number of methoxy groups -OCH3 is 1. The third-order valence-corrected chi connectivity index (χ3v) is 7.23. The zero-order valence-corrected chi connectivity index (χ0v) is 20.8. The summed E-state index contributed by atoms with van der Waals surface area (Å²) in [6.45, 7) is 7.03. The minimum absolute atomic E-state index is 0.329. The van der Waals surface area contributed by atoms with Gasteiger partial charge < -0.3 is 10.1 Å². The average Bonchev–Trinajstić information content (AvgIpc) is 2.78. The van der Waals surface area contributed by atoms with Gasteiger partial charge in [-0.05, 0) is 68.6 Å². The fourth-order valence-electron chi connectivity index (χ4n) is 4.23. The van der Waals surface area contributed by atoms with Gasteiger partial charge in [-0.15, -0.1) is 0 Å². The Hall–Kier alpha value is -2.58. The number of piperidine rings is 1. The minimum atomic E-state index is -3.73. The zero-order chi connectivity index (χ0) is 24.0. The number of ether oxygens (including phenoxy) is 1. The summed E-state index contributed by atoms with van der Waals surface area (Å²) < 4.78 is 31.7. The molecule has 1 N–H and O–H groups in total. The Morgan fingerprint density at radius 1 is 1.09 bits per heavy atom. The molecule has 1 saturated heterocycles. The first-order chi connectivity index (χ1) is 15.7. The van der Waals surface area contributed by atoms with Crippen molar-refractivity contribution in [2.75, 3.05) is 30.8 Å². The average molecular weight is 474 g/mol. The van der Waals surface area contributed by atoms with Crippen LogP contribution in [-0.4, -0.2) is 51.7 Å². The molecule has 180 valence electrons. The topological polar surface area (TPSA) is 79.0 Å². The van der Waals surface area contributed by atoms with Crippen molar-refractivity contribution < 1.29 is 17.9 Å². The molecule has 33 heavy (non-hydrogen) atoms. The molecule has 0 radical (unpaired) electrons. The molecule has 7 nitrogen and oxygen atoms in total. The third-order valence-electron chi connectivity index (χ3n) is 6.00. The molecule has 1 aliphatic rings. The van der Waals surface area contributed by atoms with Crippen LogP contribution in [0.1, 0.15) is 42.9 Å². The number of benzene rings is 2. The molecular weight excluding hydrogens is 438 g/mol. The first-order valence-electron chi connectivity index (χ1n) is 11.4. The fourth-order valence-corrected chi connectivity index (χ4v) is 5.40. The van der Waals surface area contributed by atoms with Crippen LogP contribution in [0.2, 0.25) is 0 Å². The summed E-state index contributed by atoms with van der Waals surface area (Å²) in [5, 5.41) is 2.88. The highest BCUT2D eigenvalue weighted by atomic mass is 32.2. The van der Waals surface area contributed by atoms with Crippen LogP contribution >= 0.6 is 0 Å². The van der Waals surface area contributed by atoms with Crippen molar-refractivity contribution in [3.8, 4) is 5.75 Å². The number of nitrogens with one attached hydrogen (secondary N) is 1. The van der Waals surface area contributed by atoms with Crippen LogP contribution in [-0.2, 0) is 27.9 Å². The van der Waals surface area contributed by atoms with Gasteiger partial charge >= 0.3 is 0 Å². The summed E-state index contributed by atoms with van der Waals surface area (Å²) >= 11 is 0. The fraction of sp³-hybridized carbons (Fsp3) is 0.480. The zero-order valence-electron chi connectivity index (χ0n) is 20.0. The van der Waals surface area contributed by atoms with Gasteiger partial charge in [-0.3, -0.25) is 14.0 Å². The number of aryl methyl sites for hydroxylation is 1. The summed E-state index contributed by atoms with van der Waals surface area (Å²) in [7, 11) is -2.25. The van der Waals surface area contributed by atoms with Crippen LogP contribution < -0.4 is 14.4 Å². The van der Waals surface area contributed by atoms with Gasteiger partial charge in [0.1, 0.15) is 11.8 Å². The van der Waals surface area contributed by atoms with Crippen LogP contribution in [0.25, 0.3) is 0 Å². The van der Waals surface area contributed by atoms with Gasteiger partial charge in [0.2, 0.25) is 15.9 Å². The van der Waals surface area contributed by atoms with Crippen LogP contribution in [0.4, 0.5) is 5.69 Å². The van der Waals surface area contributed by atoms with E-state index in [1.54, 1.807) is 19.1 Å². The number of hydrogen-bond acceptors (Lipinski definition) is 5. The molecule has 1 atom stereocenters. The van der Waals surface area contributed by atoms with E-state index in [1.807, 2.05) is 25.1 Å². The monoisotopic (exact) mass is 473 g/mol. The maximum Gasteiger partial charge on any atom is 0.243 e. The molecule has 2 aromatic carbocycles. The Kier molecular flexibility index (Phi) is 8.37. The lowest BCUT2D eigenvalue weighted by Gasteiger charge is -2.29. The van der Waals surface area contributed by atoms with Crippen molar-refractivity contribution in [2.24, 2.45) is 0 Å². The number of hydrogen-bond donors (Lipinski definition) is 1. The predicted octanol–water partition coefficient (Wildman–Crippen LogP) is 3.46. The second kappa shape index (κ2) is 11.0. The highest BCUT2D eigenvalue weighted by Crippen LogP contribution is 2.32. The van der Waals surface area contributed by atoms with E-state index in [9.17, 15) is 13.2 Å². The lowest BCUT2D eigenvalue weighted by molar-refractivity contribution is -0.122. The van der Waals surface area contributed by atoms with Crippen molar-refractivity contribution in [1.82, 2.24) is 10.2 Å². The number of nitrogens with zero attached hydrogens (tertiary/aromatic N) is 2. The predicted molar refractivity (Wildman–Crippen MR) is 132 cm³/mol. The number of likely N-dealkylation sites (tertiary alicyclic amines) is 1. The summed E-state index contributed by atoms with van der Waals surface area (Å²) in [4.78, 5) is 15.4. The summed E-state index contributed by atoms with van der Waals surface area (Å²) in [5.74, 6) is 0.0244. The Labute approximate surface area is 197 Å². The molecule has 1 heterocycles. The van der Waals surface area contributed by atoms with E-state index < -0.39 is 16.1 Å². The maximum absolute atomic E-state index is 12.9. The number of anilines is 1. The van der Waals surface area contributed by atoms with E-state index in [0.29, 0.717) is 18.0 Å². The number of amides is 1. The van der Waals surface area contributed by atoms with Crippen molar-refractivity contribution in [3.63, 3.8) is 0 Å². The second-order valence-electron chi connectivity index (χ2n) is 8.78. The summed E-state index contributed by atoms with van der Waals surface area (Å²) in [5.41, 5.74) is 3.45. The highest BCUT2D eigenvalue weighted by molar-refractivity contribution is 7.92. The minimum Gasteiger partial charge on any atom is -0.495 e. The molecule has 1 aliphatic heterocycles. The molecular formula is C25H35N3O4S. The molecule has 0 bridgehead atoms. The van der Waals surface area contributed by atoms with E-state index in [0.717, 1.165) is 41.3 Å². The van der Waals surface area contributed by atoms with Crippen LogP contribution in [0.15, 0.2) is 42.5 Å². The number of rotatable bonds is 9. The molecule has 0 aromatic heterocycles. The molecule has 0 saturated carbocycles. The van der Waals surface area contributed by atoms with Crippen LogP contribution in [0, 0.1) is 6.92 Å². The molecule has 1 amide bonds. The van der Waals surface area contributed by atoms with Gasteiger partial charge in [0, 0.05) is 13.1 Å². The van der Waals surface area contributed by atoms with Crippen molar-refractivity contribution >= 4 is 21.6 Å². The van der Waals surface area contributed by atoms with Gasteiger partial charge in [0.25, 0.3) is 0 Å². The van der Waals surface area contributed by atoms with Gasteiger partial charge in [-0.2, -0.15) is 0 Å². The van der Waals surface area contributed by atoms with Gasteiger partial charge in [-0.1, -0.05) is 36.8 Å². The van der Waals surface area contributed by atoms with Crippen molar-refractivity contribution in [1.29, 1.82) is 0 Å². The summed E-state index contributed by atoms with van der Waals surface area (Å²) in [6, 6.07) is 12.5. The first-order valence-corrected chi connectivity index (χ1v) is 13.3. The normalized spacial score (nSPS) is 15.6. The molecule has 8 heteroatoms. The summed E-state index contributed by atoms with van der Waals surface area (Å²) in [6.07, 6.45) is 4.95. The van der Waals surface area contributed by atoms with Crippen molar-refractivity contribution in [3.05, 3.63) is 59.2 Å². The first kappa shape index (κ1) is 25.1. The quantitative estimate of drug-likeness (QED) is 0.603. The van der Waals surface area contributed by atoms with Gasteiger partial charge in [0.15, 0.2) is 0 Å². The standard InChI is InChI=1S/C25H35N3O4S/c1-19-8-13-24(32-3)23(16-19)28(33(4,30)31)20(2)25(29)26-17-21-9-11-22(12-10-21)18-27-14-6-5-7-15-27/h8-13,16,20H,5-7,14-15,17-18H2,1-4H3,(H,26,29)/t20-/m1/s1. The molecule has 0 aliphatic carbocycles. The largest absolute Gasteiger partial charge is 0.495 e. The lowest BCUT2D eigenvalue weighted by atomic mass is 10.1. The third kappa shape index (κ3) is 6.71. The number of carbonyl (C=O) groups is 1. The Morgan fingerprint density at radius 3 is 2.33 bits per heavy atom. The Bertz CT molecular complexity index is 1050. The molecule has 0 unspecified atom stereocenters. The van der Waals surface area contributed by atoms with E-state index >= 15 is 0 Å². The number of carbonyl (C=O) groups excluding carboxylic acids is 1. The molecule has 0 spiro atoms. The SMILES string of the molecule is COc1ccc(C)cc1N([C@H](C)C(=O)NCc1ccc(CN2CCCCC2)cc1)S(C)(=O)=O. The van der Waals surface area contributed by atoms with E-state index in [2.05, 4.69) is 22.3 Å². The molecule has 3 rings (SSSR count). The van der Waals surface area contributed by atoms with Gasteiger partial charge in [-0.25, -0.2) is 8.42 Å². The van der Waals surface area contributed by atoms with E-state index in [1.165, 1.54) is 31.9 Å². The van der Waals surface area contributed by atoms with Crippen molar-refractivity contribution in [2.45, 2.75) is 52.2 Å². The maximum atomic E-state index is 12.9. The smallest absolute Gasteiger partial charge is 0.243 e. The highest BCUT2D eigenvalue weighted by Gasteiger charge is 2.31. The van der Waals surface area contributed by atoms with Gasteiger partial charge in [0.05, 0.1) is 19.1 Å². The number of sulfonamides is 1. The van der Waals surface area contributed by atoms with Crippen LogP contribution in [0.3, 0.4) is 0 Å². The second-order valence-corrected chi connectivity index (χ2v) is 10.6. The lowest BCUT2D eigenvalue weighted by Crippen LogP contribution is -2.47. The molecule has 1 fully saturated rings.